The lowest BCUT2D eigenvalue weighted by Crippen LogP contribution is -2.43. The van der Waals surface area contributed by atoms with Gasteiger partial charge in [-0.1, -0.05) is 0 Å². The third kappa shape index (κ3) is 8.30. The summed E-state index contributed by atoms with van der Waals surface area (Å²) in [6.07, 6.45) is 2.07. The molecule has 0 aromatic heterocycles. The average molecular weight is 314 g/mol. The molecule has 0 saturated heterocycles. The van der Waals surface area contributed by atoms with E-state index in [4.69, 9.17) is 0 Å². The minimum atomic E-state index is -3.63. The summed E-state index contributed by atoms with van der Waals surface area (Å²) in [5, 5.41) is 0. The molecule has 2 unspecified atom stereocenters. The van der Waals surface area contributed by atoms with E-state index >= 15 is 0 Å². The molecular formula is C10H22N2O5S2. The molecule has 0 bridgehead atoms. The number of carbonyl (C=O) groups excluding carboxylic acids is 1. The molecule has 0 aliphatic carbocycles. The number of rotatable bonds is 9. The molecule has 0 aliphatic rings. The Morgan fingerprint density at radius 1 is 1.47 bits per heavy atom. The van der Waals surface area contributed by atoms with Crippen LogP contribution in [0.5, 0.6) is 0 Å². The van der Waals surface area contributed by atoms with Crippen molar-refractivity contribution >= 4 is 27.0 Å². The van der Waals surface area contributed by atoms with Crippen molar-refractivity contribution < 1.29 is 22.2 Å². The lowest BCUT2D eigenvalue weighted by molar-refractivity contribution is -0.140. The summed E-state index contributed by atoms with van der Waals surface area (Å²) in [5.74, 6) is -0.0216. The predicted octanol–water partition coefficient (Wildman–Crippen LogP) is -0.527. The fourth-order valence-electron chi connectivity index (χ4n) is 1.22. The fraction of sp³-hybridized carbons (Fsp3) is 0.900. The van der Waals surface area contributed by atoms with Gasteiger partial charge in [-0.15, -0.1) is 0 Å². The molecule has 0 rings (SSSR count). The summed E-state index contributed by atoms with van der Waals surface area (Å²) in [7, 11) is -1.94. The Morgan fingerprint density at radius 3 is 2.53 bits per heavy atom. The Bertz CT molecular complexity index is 410. The first kappa shape index (κ1) is 18.5. The van der Waals surface area contributed by atoms with Gasteiger partial charge in [0, 0.05) is 42.4 Å². The minimum Gasteiger partial charge on any atom is -0.469 e. The van der Waals surface area contributed by atoms with Crippen molar-refractivity contribution in [1.29, 1.82) is 0 Å². The molecule has 0 radical (unpaired) electrons. The molecular weight excluding hydrogens is 292 g/mol. The number of esters is 1. The summed E-state index contributed by atoms with van der Waals surface area (Å²) < 4.78 is 42.6. The molecule has 0 heterocycles. The van der Waals surface area contributed by atoms with Crippen LogP contribution >= 0.6 is 0 Å². The molecule has 0 amide bonds. The van der Waals surface area contributed by atoms with Gasteiger partial charge in [0.15, 0.2) is 0 Å². The van der Waals surface area contributed by atoms with Crippen molar-refractivity contribution in [1.82, 2.24) is 9.03 Å². The molecule has 0 aromatic rings. The molecule has 7 nitrogen and oxygen atoms in total. The van der Waals surface area contributed by atoms with Crippen LogP contribution in [0.4, 0.5) is 0 Å². The predicted molar refractivity (Wildman–Crippen MR) is 74.3 cm³/mol. The fourth-order valence-corrected chi connectivity index (χ4v) is 3.04. The molecule has 1 N–H and O–H groups in total. The number of hydrogen-bond acceptors (Lipinski definition) is 5. The second-order valence-corrected chi connectivity index (χ2v) is 7.60. The first-order valence-corrected chi connectivity index (χ1v) is 8.96. The number of nitrogens with zero attached hydrogens (tertiary/aromatic N) is 1. The normalized spacial score (nSPS) is 15.2. The Balaban J connectivity index is 4.28. The topological polar surface area (TPSA) is 92.8 Å². The molecule has 0 spiro atoms. The molecule has 0 aromatic carbocycles. The van der Waals surface area contributed by atoms with Crippen LogP contribution in [0, 0.1) is 0 Å². The van der Waals surface area contributed by atoms with Gasteiger partial charge in [0.1, 0.15) is 0 Å². The molecule has 0 fully saturated rings. The van der Waals surface area contributed by atoms with Crippen molar-refractivity contribution in [2.24, 2.45) is 0 Å². The van der Waals surface area contributed by atoms with E-state index in [9.17, 15) is 17.4 Å². The number of carbonyl (C=O) groups is 1. The average Bonchev–Trinajstić information content (AvgIpc) is 2.32. The van der Waals surface area contributed by atoms with Gasteiger partial charge in [-0.3, -0.25) is 9.00 Å². The highest BCUT2D eigenvalue weighted by Gasteiger charge is 2.20. The molecule has 0 aliphatic heterocycles. The molecule has 9 heteroatoms. The Hall–Kier alpha value is -0.510. The summed E-state index contributed by atoms with van der Waals surface area (Å²) in [6.45, 7) is 1.76. The first-order chi connectivity index (χ1) is 8.69. The van der Waals surface area contributed by atoms with Crippen molar-refractivity contribution in [3.8, 4) is 0 Å². The summed E-state index contributed by atoms with van der Waals surface area (Å²) in [6, 6.07) is -0.311. The van der Waals surface area contributed by atoms with E-state index < -0.39 is 27.0 Å². The van der Waals surface area contributed by atoms with Crippen LogP contribution in [0.15, 0.2) is 0 Å². The van der Waals surface area contributed by atoms with Crippen LogP contribution in [0.1, 0.15) is 19.8 Å². The van der Waals surface area contributed by atoms with Gasteiger partial charge in [-0.2, -0.15) is 17.4 Å². The van der Waals surface area contributed by atoms with E-state index in [0.717, 1.165) is 4.31 Å². The number of hydrogen-bond donors (Lipinski definition) is 1. The van der Waals surface area contributed by atoms with E-state index in [1.54, 1.807) is 13.2 Å². The highest BCUT2D eigenvalue weighted by molar-refractivity contribution is 7.87. The third-order valence-electron chi connectivity index (χ3n) is 2.46. The second kappa shape index (κ2) is 8.62. The van der Waals surface area contributed by atoms with Gasteiger partial charge in [-0.25, -0.2) is 0 Å². The van der Waals surface area contributed by atoms with Crippen LogP contribution in [-0.2, 0) is 30.5 Å². The van der Waals surface area contributed by atoms with Crippen LogP contribution in [0.3, 0.4) is 0 Å². The van der Waals surface area contributed by atoms with E-state index in [2.05, 4.69) is 9.46 Å². The number of ether oxygens (including phenoxy) is 1. The van der Waals surface area contributed by atoms with E-state index in [0.29, 0.717) is 12.2 Å². The third-order valence-corrected chi connectivity index (χ3v) is 4.97. The summed E-state index contributed by atoms with van der Waals surface area (Å²) in [4.78, 5) is 10.9. The van der Waals surface area contributed by atoms with Crippen LogP contribution in [0.25, 0.3) is 0 Å². The number of nitrogens with one attached hydrogen (secondary N) is 1. The van der Waals surface area contributed by atoms with Gasteiger partial charge < -0.3 is 4.74 Å². The van der Waals surface area contributed by atoms with E-state index in [1.807, 2.05) is 0 Å². The van der Waals surface area contributed by atoms with E-state index in [-0.39, 0.29) is 19.0 Å². The molecule has 114 valence electrons. The van der Waals surface area contributed by atoms with Crippen molar-refractivity contribution in [2.45, 2.75) is 25.8 Å². The first-order valence-electron chi connectivity index (χ1n) is 5.79. The standard InChI is InChI=1S/C10H22N2O5S2/c1-9(6-8-18(4)14)11-19(15,16)12(2)7-5-10(13)17-3/h9,11H,5-8H2,1-4H3. The zero-order chi connectivity index (χ0) is 15.1. The van der Waals surface area contributed by atoms with E-state index in [1.165, 1.54) is 14.2 Å². The quantitative estimate of drug-likeness (QED) is 0.578. The van der Waals surface area contributed by atoms with Crippen molar-refractivity contribution in [3.63, 3.8) is 0 Å². The maximum Gasteiger partial charge on any atom is 0.306 e. The largest absolute Gasteiger partial charge is 0.469 e. The Labute approximate surface area is 117 Å². The van der Waals surface area contributed by atoms with Gasteiger partial charge in [0.05, 0.1) is 13.5 Å². The van der Waals surface area contributed by atoms with Gasteiger partial charge in [0.2, 0.25) is 0 Å². The van der Waals surface area contributed by atoms with Gasteiger partial charge in [-0.05, 0) is 13.3 Å². The van der Waals surface area contributed by atoms with Crippen molar-refractivity contribution in [3.05, 3.63) is 0 Å². The lowest BCUT2D eigenvalue weighted by Gasteiger charge is -2.20. The van der Waals surface area contributed by atoms with Gasteiger partial charge >= 0.3 is 5.97 Å². The van der Waals surface area contributed by atoms with Gasteiger partial charge in [0.25, 0.3) is 10.2 Å². The molecule has 0 saturated carbocycles. The highest BCUT2D eigenvalue weighted by atomic mass is 32.2. The Kier molecular flexibility index (Phi) is 8.39. The number of methoxy groups -OCH3 is 1. The summed E-state index contributed by atoms with van der Waals surface area (Å²) >= 11 is 0. The van der Waals surface area contributed by atoms with Crippen LogP contribution in [0.2, 0.25) is 0 Å². The maximum absolute atomic E-state index is 11.9. The lowest BCUT2D eigenvalue weighted by atomic mass is 10.3. The zero-order valence-corrected chi connectivity index (χ0v) is 13.3. The maximum atomic E-state index is 11.9. The minimum absolute atomic E-state index is 0.00126. The molecule has 2 atom stereocenters. The van der Waals surface area contributed by atoms with Crippen molar-refractivity contribution in [2.75, 3.05) is 32.7 Å². The summed E-state index contributed by atoms with van der Waals surface area (Å²) in [5.41, 5.74) is 0. The highest BCUT2D eigenvalue weighted by Crippen LogP contribution is 2.01. The Morgan fingerprint density at radius 2 is 2.05 bits per heavy atom. The SMILES string of the molecule is COC(=O)CCN(C)S(=O)(=O)NC(C)CCS(C)=O. The van der Waals surface area contributed by atoms with Crippen LogP contribution < -0.4 is 4.72 Å². The monoisotopic (exact) mass is 314 g/mol. The smallest absolute Gasteiger partial charge is 0.306 e. The zero-order valence-electron chi connectivity index (χ0n) is 11.7. The second-order valence-electron chi connectivity index (χ2n) is 4.24. The van der Waals surface area contributed by atoms with Crippen LogP contribution in [-0.4, -0.2) is 61.7 Å². The molecule has 19 heavy (non-hydrogen) atoms.